The van der Waals surface area contributed by atoms with Gasteiger partial charge in [-0.25, -0.2) is 0 Å². The highest BCUT2D eigenvalue weighted by Crippen LogP contribution is 2.51. The molecule has 0 aliphatic carbocycles. The van der Waals surface area contributed by atoms with Crippen molar-refractivity contribution in [2.75, 3.05) is 0 Å². The Morgan fingerprint density at radius 2 is 1.79 bits per heavy atom. The standard InChI is InChI=1S/C23H25Cl2NO3/c1-14(2)26-21(15-7-9-17(24)10-8-15)19(16-5-4-6-18(25)11-16)12-23(3,22(26)29)13-20(27)28/h4-11,14,19,21H,12-13H2,1-3H3,(H,27,28)/t19-,21-,23-/m1/s1. The van der Waals surface area contributed by atoms with Gasteiger partial charge in [-0.2, -0.15) is 0 Å². The van der Waals surface area contributed by atoms with E-state index < -0.39 is 11.4 Å². The molecule has 3 rings (SSSR count). The zero-order valence-corrected chi connectivity index (χ0v) is 18.2. The normalized spacial score (nSPS) is 24.8. The molecule has 6 heteroatoms. The first-order valence-corrected chi connectivity index (χ1v) is 10.4. The van der Waals surface area contributed by atoms with Crippen molar-refractivity contribution in [1.82, 2.24) is 4.90 Å². The Kier molecular flexibility index (Phi) is 6.25. The molecule has 0 bridgehead atoms. The minimum absolute atomic E-state index is 0.0978. The van der Waals surface area contributed by atoms with E-state index >= 15 is 0 Å². The smallest absolute Gasteiger partial charge is 0.304 e. The summed E-state index contributed by atoms with van der Waals surface area (Å²) in [7, 11) is 0. The average Bonchev–Trinajstić information content (AvgIpc) is 2.63. The molecule has 29 heavy (non-hydrogen) atoms. The van der Waals surface area contributed by atoms with Gasteiger partial charge in [0.1, 0.15) is 0 Å². The third-order valence-electron chi connectivity index (χ3n) is 5.69. The first-order chi connectivity index (χ1) is 13.6. The number of carbonyl (C=O) groups is 2. The van der Waals surface area contributed by atoms with Gasteiger partial charge in [-0.3, -0.25) is 9.59 Å². The number of carboxylic acids is 1. The highest BCUT2D eigenvalue weighted by atomic mass is 35.5. The Balaban J connectivity index is 2.18. The van der Waals surface area contributed by atoms with Gasteiger partial charge in [0.2, 0.25) is 5.91 Å². The van der Waals surface area contributed by atoms with Crippen molar-refractivity contribution in [3.8, 4) is 0 Å². The molecule has 1 N–H and O–H groups in total. The van der Waals surface area contributed by atoms with Crippen LogP contribution in [0.15, 0.2) is 48.5 Å². The molecule has 154 valence electrons. The molecule has 2 aromatic carbocycles. The van der Waals surface area contributed by atoms with Gasteiger partial charge < -0.3 is 10.0 Å². The van der Waals surface area contributed by atoms with Crippen molar-refractivity contribution in [2.24, 2.45) is 5.41 Å². The number of amides is 1. The second-order valence-electron chi connectivity index (χ2n) is 8.30. The number of nitrogens with zero attached hydrogens (tertiary/aromatic N) is 1. The number of carbonyl (C=O) groups excluding carboxylic acids is 1. The second kappa shape index (κ2) is 8.37. The molecule has 2 aromatic rings. The van der Waals surface area contributed by atoms with Crippen LogP contribution in [-0.2, 0) is 9.59 Å². The van der Waals surface area contributed by atoms with Crippen molar-refractivity contribution in [3.05, 3.63) is 69.7 Å². The van der Waals surface area contributed by atoms with E-state index in [0.29, 0.717) is 16.5 Å². The molecule has 3 atom stereocenters. The van der Waals surface area contributed by atoms with Gasteiger partial charge in [-0.1, -0.05) is 54.4 Å². The topological polar surface area (TPSA) is 57.6 Å². The molecule has 1 saturated heterocycles. The molecule has 1 aliphatic heterocycles. The SMILES string of the molecule is CC(C)N1C(=O)[C@@](C)(CC(=O)O)C[C@H](c2cccc(Cl)c2)[C@H]1c1ccc(Cl)cc1. The van der Waals surface area contributed by atoms with Crippen LogP contribution in [0.1, 0.15) is 56.7 Å². The number of hydrogen-bond donors (Lipinski definition) is 1. The van der Waals surface area contributed by atoms with Crippen LogP contribution in [-0.4, -0.2) is 27.9 Å². The van der Waals surface area contributed by atoms with Gasteiger partial charge in [0, 0.05) is 22.0 Å². The van der Waals surface area contributed by atoms with Gasteiger partial charge >= 0.3 is 5.97 Å². The van der Waals surface area contributed by atoms with E-state index in [1.54, 1.807) is 6.92 Å². The van der Waals surface area contributed by atoms with E-state index in [1.807, 2.05) is 67.3 Å². The molecular weight excluding hydrogens is 409 g/mol. The molecule has 0 aromatic heterocycles. The quantitative estimate of drug-likeness (QED) is 0.634. The molecule has 1 aliphatic rings. The number of piperidine rings is 1. The van der Waals surface area contributed by atoms with E-state index in [-0.39, 0.29) is 30.3 Å². The summed E-state index contributed by atoms with van der Waals surface area (Å²) in [5.74, 6) is -1.20. The van der Waals surface area contributed by atoms with Crippen LogP contribution in [0.2, 0.25) is 10.0 Å². The van der Waals surface area contributed by atoms with Crippen LogP contribution in [0.25, 0.3) is 0 Å². The van der Waals surface area contributed by atoms with Crippen LogP contribution >= 0.6 is 23.2 Å². The minimum atomic E-state index is -0.994. The van der Waals surface area contributed by atoms with E-state index in [0.717, 1.165) is 11.1 Å². The lowest BCUT2D eigenvalue weighted by molar-refractivity contribution is -0.159. The monoisotopic (exact) mass is 433 g/mol. The van der Waals surface area contributed by atoms with E-state index in [9.17, 15) is 14.7 Å². The number of aliphatic carboxylic acids is 1. The van der Waals surface area contributed by atoms with E-state index in [4.69, 9.17) is 23.2 Å². The minimum Gasteiger partial charge on any atom is -0.481 e. The first kappa shape index (κ1) is 21.7. The summed E-state index contributed by atoms with van der Waals surface area (Å²) >= 11 is 12.4. The van der Waals surface area contributed by atoms with Gasteiger partial charge in [0.05, 0.1) is 17.9 Å². The molecule has 1 fully saturated rings. The summed E-state index contributed by atoms with van der Waals surface area (Å²) in [6.45, 7) is 5.68. The first-order valence-electron chi connectivity index (χ1n) is 9.68. The fourth-order valence-electron chi connectivity index (χ4n) is 4.44. The molecule has 0 radical (unpaired) electrons. The predicted molar refractivity (Wildman–Crippen MR) is 115 cm³/mol. The average molecular weight is 434 g/mol. The molecule has 0 saturated carbocycles. The Bertz CT molecular complexity index is 913. The van der Waals surface area contributed by atoms with Crippen molar-refractivity contribution in [1.29, 1.82) is 0 Å². The number of likely N-dealkylation sites (tertiary alicyclic amines) is 1. The van der Waals surface area contributed by atoms with E-state index in [2.05, 4.69) is 0 Å². The van der Waals surface area contributed by atoms with Crippen LogP contribution < -0.4 is 0 Å². The van der Waals surface area contributed by atoms with Crippen LogP contribution in [0.5, 0.6) is 0 Å². The summed E-state index contributed by atoms with van der Waals surface area (Å²) in [4.78, 5) is 26.9. The highest BCUT2D eigenvalue weighted by Gasteiger charge is 2.51. The van der Waals surface area contributed by atoms with Gasteiger partial charge in [-0.15, -0.1) is 0 Å². The van der Waals surface area contributed by atoms with Crippen LogP contribution in [0.3, 0.4) is 0 Å². The molecule has 0 unspecified atom stereocenters. The lowest BCUT2D eigenvalue weighted by Gasteiger charge is -2.50. The molecular formula is C23H25Cl2NO3. The van der Waals surface area contributed by atoms with Crippen LogP contribution in [0.4, 0.5) is 0 Å². The second-order valence-corrected chi connectivity index (χ2v) is 9.17. The molecule has 1 amide bonds. The Hall–Kier alpha value is -2.04. The van der Waals surface area contributed by atoms with Gasteiger partial charge in [0.25, 0.3) is 0 Å². The summed E-state index contributed by atoms with van der Waals surface area (Å²) in [5, 5.41) is 10.7. The number of hydrogen-bond acceptors (Lipinski definition) is 2. The summed E-state index contributed by atoms with van der Waals surface area (Å²) in [6.07, 6.45) is 0.217. The maximum Gasteiger partial charge on any atom is 0.304 e. The lowest BCUT2D eigenvalue weighted by atomic mass is 9.67. The Labute approximate surface area is 181 Å². The highest BCUT2D eigenvalue weighted by molar-refractivity contribution is 6.30. The maximum absolute atomic E-state index is 13.5. The van der Waals surface area contributed by atoms with Gasteiger partial charge in [0.15, 0.2) is 0 Å². The molecule has 0 spiro atoms. The van der Waals surface area contributed by atoms with Crippen molar-refractivity contribution in [3.63, 3.8) is 0 Å². The number of rotatable bonds is 5. The molecule has 1 heterocycles. The Morgan fingerprint density at radius 3 is 2.34 bits per heavy atom. The van der Waals surface area contributed by atoms with Crippen molar-refractivity contribution in [2.45, 2.75) is 51.6 Å². The number of benzene rings is 2. The van der Waals surface area contributed by atoms with Crippen molar-refractivity contribution >= 4 is 35.1 Å². The third-order valence-corrected chi connectivity index (χ3v) is 6.18. The molecule has 4 nitrogen and oxygen atoms in total. The zero-order chi connectivity index (χ0) is 21.3. The van der Waals surface area contributed by atoms with Crippen molar-refractivity contribution < 1.29 is 14.7 Å². The van der Waals surface area contributed by atoms with E-state index in [1.165, 1.54) is 0 Å². The number of halogens is 2. The summed E-state index contributed by atoms with van der Waals surface area (Å²) in [6, 6.07) is 14.8. The Morgan fingerprint density at radius 1 is 1.14 bits per heavy atom. The predicted octanol–water partition coefficient (Wildman–Crippen LogP) is 5.94. The third kappa shape index (κ3) is 4.44. The fraction of sp³-hybridized carbons (Fsp3) is 0.391. The van der Waals surface area contributed by atoms with Gasteiger partial charge in [-0.05, 0) is 55.7 Å². The maximum atomic E-state index is 13.5. The zero-order valence-electron chi connectivity index (χ0n) is 16.7. The summed E-state index contributed by atoms with van der Waals surface area (Å²) in [5.41, 5.74) is 0.970. The lowest BCUT2D eigenvalue weighted by Crippen LogP contribution is -2.54. The largest absolute Gasteiger partial charge is 0.481 e. The fourth-order valence-corrected chi connectivity index (χ4v) is 4.77. The van der Waals surface area contributed by atoms with Crippen LogP contribution in [0, 0.1) is 5.41 Å². The summed E-state index contributed by atoms with van der Waals surface area (Å²) < 4.78 is 0. The number of carboxylic acid groups (broad SMARTS) is 1.